The number of carbonyl (C=O) groups excluding carboxylic acids is 1. The molecule has 104 valence electrons. The van der Waals surface area contributed by atoms with Crippen LogP contribution in [0.2, 0.25) is 0 Å². The smallest absolute Gasteiger partial charge is 0.271 e. The molecule has 0 aliphatic rings. The number of methoxy groups -OCH3 is 1. The molecule has 1 aromatic carbocycles. The van der Waals surface area contributed by atoms with Crippen LogP contribution >= 0.6 is 0 Å². The molecular formula is C15H16N2O3. The molecule has 1 amide bonds. The number of carbonyl (C=O) groups is 1. The number of amides is 1. The van der Waals surface area contributed by atoms with Gasteiger partial charge in [-0.25, -0.2) is 5.43 Å². The van der Waals surface area contributed by atoms with Gasteiger partial charge in [0, 0.05) is 11.1 Å². The van der Waals surface area contributed by atoms with Gasteiger partial charge in [0.1, 0.15) is 17.3 Å². The molecule has 0 radical (unpaired) electrons. The van der Waals surface area contributed by atoms with Gasteiger partial charge in [-0.1, -0.05) is 0 Å². The fraction of sp³-hybridized carbons (Fsp3) is 0.200. The molecule has 0 saturated carbocycles. The Balaban J connectivity index is 1.99. The highest BCUT2D eigenvalue weighted by atomic mass is 16.5. The van der Waals surface area contributed by atoms with Gasteiger partial charge in [0.15, 0.2) is 0 Å². The van der Waals surface area contributed by atoms with Gasteiger partial charge >= 0.3 is 0 Å². The van der Waals surface area contributed by atoms with Gasteiger partial charge in [-0.2, -0.15) is 5.10 Å². The van der Waals surface area contributed by atoms with Gasteiger partial charge in [0.2, 0.25) is 0 Å². The molecule has 0 saturated heterocycles. The minimum absolute atomic E-state index is 0.276. The fourth-order valence-corrected chi connectivity index (χ4v) is 1.75. The lowest BCUT2D eigenvalue weighted by atomic mass is 10.2. The average molecular weight is 272 g/mol. The van der Waals surface area contributed by atoms with Crippen LogP contribution in [0.15, 0.2) is 39.9 Å². The zero-order chi connectivity index (χ0) is 14.5. The highest BCUT2D eigenvalue weighted by Gasteiger charge is 2.05. The molecule has 1 aromatic heterocycles. The molecule has 0 fully saturated rings. The molecule has 0 atom stereocenters. The summed E-state index contributed by atoms with van der Waals surface area (Å²) in [7, 11) is 1.58. The first-order valence-electron chi connectivity index (χ1n) is 6.14. The Morgan fingerprint density at radius 3 is 2.55 bits per heavy atom. The zero-order valence-corrected chi connectivity index (χ0v) is 11.6. The SMILES string of the molecule is COc1ccc(C(=O)N/N=C/c2cc(C)oc2C)cc1. The predicted octanol–water partition coefficient (Wildman–Crippen LogP) is 2.67. The Morgan fingerprint density at radius 1 is 1.30 bits per heavy atom. The summed E-state index contributed by atoms with van der Waals surface area (Å²) in [4.78, 5) is 11.8. The largest absolute Gasteiger partial charge is 0.497 e. The van der Waals surface area contributed by atoms with Crippen LogP contribution in [-0.4, -0.2) is 19.2 Å². The van der Waals surface area contributed by atoms with Gasteiger partial charge in [-0.15, -0.1) is 0 Å². The number of ether oxygens (including phenoxy) is 1. The van der Waals surface area contributed by atoms with E-state index in [1.807, 2.05) is 19.9 Å². The van der Waals surface area contributed by atoms with E-state index in [0.29, 0.717) is 11.3 Å². The van der Waals surface area contributed by atoms with Crippen molar-refractivity contribution in [1.29, 1.82) is 0 Å². The topological polar surface area (TPSA) is 63.8 Å². The number of benzene rings is 1. The van der Waals surface area contributed by atoms with Crippen LogP contribution in [0, 0.1) is 13.8 Å². The van der Waals surface area contributed by atoms with Crippen LogP contribution in [0.3, 0.4) is 0 Å². The fourth-order valence-electron chi connectivity index (χ4n) is 1.75. The summed E-state index contributed by atoms with van der Waals surface area (Å²) in [6.07, 6.45) is 1.56. The first-order chi connectivity index (χ1) is 9.60. The highest BCUT2D eigenvalue weighted by Crippen LogP contribution is 2.12. The minimum Gasteiger partial charge on any atom is -0.497 e. The second kappa shape index (κ2) is 6.06. The van der Waals surface area contributed by atoms with Gasteiger partial charge in [0.25, 0.3) is 5.91 Å². The van der Waals surface area contributed by atoms with E-state index in [4.69, 9.17) is 9.15 Å². The first-order valence-corrected chi connectivity index (χ1v) is 6.14. The summed E-state index contributed by atoms with van der Waals surface area (Å²) in [6, 6.07) is 8.66. The van der Waals surface area contributed by atoms with Crippen molar-refractivity contribution >= 4 is 12.1 Å². The Labute approximate surface area is 117 Å². The molecular weight excluding hydrogens is 256 g/mol. The second-order valence-corrected chi connectivity index (χ2v) is 4.30. The Bertz CT molecular complexity index is 627. The molecule has 0 bridgehead atoms. The summed E-state index contributed by atoms with van der Waals surface area (Å²) < 4.78 is 10.4. The maximum atomic E-state index is 11.8. The second-order valence-electron chi connectivity index (χ2n) is 4.30. The molecule has 0 unspecified atom stereocenters. The van der Waals surface area contributed by atoms with Gasteiger partial charge < -0.3 is 9.15 Å². The number of aryl methyl sites for hydroxylation is 2. The number of hydrogen-bond acceptors (Lipinski definition) is 4. The molecule has 0 aliphatic carbocycles. The predicted molar refractivity (Wildman–Crippen MR) is 76.2 cm³/mol. The van der Waals surface area contributed by atoms with Crippen molar-refractivity contribution in [2.75, 3.05) is 7.11 Å². The molecule has 2 aromatic rings. The number of hydrogen-bond donors (Lipinski definition) is 1. The van der Waals surface area contributed by atoms with E-state index in [2.05, 4.69) is 10.5 Å². The van der Waals surface area contributed by atoms with Crippen molar-refractivity contribution in [2.45, 2.75) is 13.8 Å². The Morgan fingerprint density at radius 2 is 2.00 bits per heavy atom. The monoisotopic (exact) mass is 272 g/mol. The van der Waals surface area contributed by atoms with Crippen molar-refractivity contribution in [3.8, 4) is 5.75 Å². The summed E-state index contributed by atoms with van der Waals surface area (Å²) in [5.74, 6) is 2.01. The molecule has 0 aliphatic heterocycles. The van der Waals surface area contributed by atoms with E-state index in [1.54, 1.807) is 37.6 Å². The maximum Gasteiger partial charge on any atom is 0.271 e. The van der Waals surface area contributed by atoms with Crippen LogP contribution in [0.4, 0.5) is 0 Å². The van der Waals surface area contributed by atoms with Crippen LogP contribution in [-0.2, 0) is 0 Å². The van der Waals surface area contributed by atoms with E-state index in [9.17, 15) is 4.79 Å². The third kappa shape index (κ3) is 3.26. The molecule has 1 heterocycles. The number of rotatable bonds is 4. The molecule has 1 N–H and O–H groups in total. The van der Waals surface area contributed by atoms with Crippen LogP contribution in [0.1, 0.15) is 27.4 Å². The van der Waals surface area contributed by atoms with Crippen LogP contribution in [0.5, 0.6) is 5.75 Å². The number of nitrogens with zero attached hydrogens (tertiary/aromatic N) is 1. The van der Waals surface area contributed by atoms with Crippen LogP contribution in [0.25, 0.3) is 0 Å². The van der Waals surface area contributed by atoms with Crippen molar-refractivity contribution in [1.82, 2.24) is 5.43 Å². The Kier molecular flexibility index (Phi) is 4.20. The lowest BCUT2D eigenvalue weighted by molar-refractivity contribution is 0.0955. The van der Waals surface area contributed by atoms with Gasteiger partial charge in [-0.3, -0.25) is 4.79 Å². The number of hydrazone groups is 1. The van der Waals surface area contributed by atoms with E-state index < -0.39 is 0 Å². The van der Waals surface area contributed by atoms with Crippen molar-refractivity contribution in [3.05, 3.63) is 53.0 Å². The quantitative estimate of drug-likeness (QED) is 0.687. The average Bonchev–Trinajstić information content (AvgIpc) is 2.77. The molecule has 5 nitrogen and oxygen atoms in total. The van der Waals surface area contributed by atoms with Gasteiger partial charge in [-0.05, 0) is 44.2 Å². The van der Waals surface area contributed by atoms with E-state index in [-0.39, 0.29) is 5.91 Å². The third-order valence-electron chi connectivity index (χ3n) is 2.80. The summed E-state index contributed by atoms with van der Waals surface area (Å²) in [5, 5.41) is 3.92. The maximum absolute atomic E-state index is 11.8. The molecule has 0 spiro atoms. The highest BCUT2D eigenvalue weighted by molar-refractivity contribution is 5.95. The van der Waals surface area contributed by atoms with Gasteiger partial charge in [0.05, 0.1) is 13.3 Å². The zero-order valence-electron chi connectivity index (χ0n) is 11.6. The van der Waals surface area contributed by atoms with E-state index in [0.717, 1.165) is 17.1 Å². The number of nitrogens with one attached hydrogen (secondary N) is 1. The van der Waals surface area contributed by atoms with E-state index in [1.165, 1.54) is 0 Å². The number of furan rings is 1. The van der Waals surface area contributed by atoms with Crippen molar-refractivity contribution in [2.24, 2.45) is 5.10 Å². The third-order valence-corrected chi connectivity index (χ3v) is 2.80. The minimum atomic E-state index is -0.276. The van der Waals surface area contributed by atoms with Crippen molar-refractivity contribution < 1.29 is 13.9 Å². The van der Waals surface area contributed by atoms with Crippen molar-refractivity contribution in [3.63, 3.8) is 0 Å². The molecule has 20 heavy (non-hydrogen) atoms. The lowest BCUT2D eigenvalue weighted by Gasteiger charge is -2.01. The molecule has 2 rings (SSSR count). The van der Waals surface area contributed by atoms with E-state index >= 15 is 0 Å². The van der Waals surface area contributed by atoms with Crippen LogP contribution < -0.4 is 10.2 Å². The summed E-state index contributed by atoms with van der Waals surface area (Å²) >= 11 is 0. The summed E-state index contributed by atoms with van der Waals surface area (Å²) in [6.45, 7) is 3.71. The Hall–Kier alpha value is -2.56. The standard InChI is InChI=1S/C15H16N2O3/c1-10-8-13(11(2)20-10)9-16-17-15(18)12-4-6-14(19-3)7-5-12/h4-9H,1-3H3,(H,17,18)/b16-9+. The molecule has 5 heteroatoms. The lowest BCUT2D eigenvalue weighted by Crippen LogP contribution is -2.17. The first kappa shape index (κ1) is 13.9. The summed E-state index contributed by atoms with van der Waals surface area (Å²) in [5.41, 5.74) is 3.83. The normalized spacial score (nSPS) is 10.8.